The van der Waals surface area contributed by atoms with Crippen LogP contribution in [0, 0.1) is 6.92 Å². The first-order chi connectivity index (χ1) is 11.2. The standard InChI is InChI=1S/C19H14N2O2/c1-11-15-13-9-5-6-10-14(13)23-19(22)16(15)18(20)21-17(11)12-7-3-2-4-8-12/h2-10H,1H3,(H2,20,21). The minimum Gasteiger partial charge on any atom is -0.422 e. The zero-order valence-electron chi connectivity index (χ0n) is 12.5. The Hall–Kier alpha value is -3.14. The third kappa shape index (κ3) is 1.99. The van der Waals surface area contributed by atoms with E-state index >= 15 is 0 Å². The lowest BCUT2D eigenvalue weighted by molar-refractivity contribution is 0.569. The third-order valence-corrected chi connectivity index (χ3v) is 4.08. The maximum absolute atomic E-state index is 12.3. The van der Waals surface area contributed by atoms with Gasteiger partial charge in [-0.25, -0.2) is 9.78 Å². The average Bonchev–Trinajstić information content (AvgIpc) is 2.58. The molecule has 0 spiro atoms. The molecule has 0 unspecified atom stereocenters. The Balaban J connectivity index is 2.24. The Morgan fingerprint density at radius 2 is 1.65 bits per heavy atom. The molecule has 4 heteroatoms. The number of benzene rings is 2. The van der Waals surface area contributed by atoms with Crippen LogP contribution >= 0.6 is 0 Å². The molecular weight excluding hydrogens is 288 g/mol. The van der Waals surface area contributed by atoms with E-state index in [0.29, 0.717) is 11.0 Å². The van der Waals surface area contributed by atoms with Crippen LogP contribution in [-0.4, -0.2) is 4.98 Å². The first kappa shape index (κ1) is 13.5. The fourth-order valence-electron chi connectivity index (χ4n) is 3.03. The van der Waals surface area contributed by atoms with Crippen molar-refractivity contribution in [2.45, 2.75) is 6.92 Å². The Labute approximate surface area is 132 Å². The molecule has 0 bridgehead atoms. The summed E-state index contributed by atoms with van der Waals surface area (Å²) in [5.41, 5.74) is 8.86. The molecular formula is C19H14N2O2. The highest BCUT2D eigenvalue weighted by Crippen LogP contribution is 2.33. The van der Waals surface area contributed by atoms with E-state index in [1.807, 2.05) is 55.5 Å². The first-order valence-electron chi connectivity index (χ1n) is 7.34. The number of aromatic nitrogens is 1. The lowest BCUT2D eigenvalue weighted by atomic mass is 9.98. The van der Waals surface area contributed by atoms with Gasteiger partial charge in [-0.3, -0.25) is 0 Å². The maximum atomic E-state index is 12.3. The van der Waals surface area contributed by atoms with Crippen LogP contribution in [0.4, 0.5) is 5.82 Å². The molecule has 0 amide bonds. The van der Waals surface area contributed by atoms with Gasteiger partial charge in [-0.2, -0.15) is 0 Å². The Bertz CT molecular complexity index is 1100. The van der Waals surface area contributed by atoms with Crippen LogP contribution in [0.2, 0.25) is 0 Å². The molecule has 0 aliphatic heterocycles. The maximum Gasteiger partial charge on any atom is 0.347 e. The molecule has 0 aliphatic rings. The highest BCUT2D eigenvalue weighted by molar-refractivity contribution is 6.10. The largest absolute Gasteiger partial charge is 0.422 e. The van der Waals surface area contributed by atoms with Crippen molar-refractivity contribution in [3.8, 4) is 11.3 Å². The summed E-state index contributed by atoms with van der Waals surface area (Å²) in [6, 6.07) is 17.3. The second-order valence-corrected chi connectivity index (χ2v) is 5.47. The molecule has 0 radical (unpaired) electrons. The summed E-state index contributed by atoms with van der Waals surface area (Å²) in [6.07, 6.45) is 0. The van der Waals surface area contributed by atoms with Crippen molar-refractivity contribution in [3.05, 3.63) is 70.6 Å². The van der Waals surface area contributed by atoms with Crippen molar-refractivity contribution in [3.63, 3.8) is 0 Å². The molecule has 2 N–H and O–H groups in total. The number of para-hydroxylation sites is 1. The zero-order valence-corrected chi connectivity index (χ0v) is 12.5. The number of hydrogen-bond acceptors (Lipinski definition) is 4. The van der Waals surface area contributed by atoms with Gasteiger partial charge in [0, 0.05) is 16.3 Å². The number of pyridine rings is 1. The third-order valence-electron chi connectivity index (χ3n) is 4.08. The summed E-state index contributed by atoms with van der Waals surface area (Å²) in [6.45, 7) is 1.96. The second-order valence-electron chi connectivity index (χ2n) is 5.47. The molecule has 4 aromatic rings. The molecule has 0 saturated carbocycles. The minimum atomic E-state index is -0.452. The van der Waals surface area contributed by atoms with Crippen LogP contribution in [0.3, 0.4) is 0 Å². The Morgan fingerprint density at radius 3 is 2.43 bits per heavy atom. The lowest BCUT2D eigenvalue weighted by Crippen LogP contribution is -2.08. The van der Waals surface area contributed by atoms with Gasteiger partial charge in [-0.05, 0) is 18.6 Å². The van der Waals surface area contributed by atoms with E-state index in [0.717, 1.165) is 27.6 Å². The topological polar surface area (TPSA) is 69.1 Å². The van der Waals surface area contributed by atoms with E-state index < -0.39 is 5.63 Å². The first-order valence-corrected chi connectivity index (χ1v) is 7.34. The SMILES string of the molecule is Cc1c(-c2ccccc2)nc(N)c2c(=O)oc3ccccc3c12. The van der Waals surface area contributed by atoms with Crippen LogP contribution in [0.15, 0.2) is 63.8 Å². The van der Waals surface area contributed by atoms with E-state index in [1.54, 1.807) is 6.07 Å². The summed E-state index contributed by atoms with van der Waals surface area (Å²) in [5, 5.41) is 2.02. The average molecular weight is 302 g/mol. The summed E-state index contributed by atoms with van der Waals surface area (Å²) in [4.78, 5) is 16.8. The van der Waals surface area contributed by atoms with Crippen molar-refractivity contribution in [1.82, 2.24) is 4.98 Å². The summed E-state index contributed by atoms with van der Waals surface area (Å²) in [7, 11) is 0. The van der Waals surface area contributed by atoms with Gasteiger partial charge in [-0.15, -0.1) is 0 Å². The number of nitrogens with zero attached hydrogens (tertiary/aromatic N) is 1. The van der Waals surface area contributed by atoms with Gasteiger partial charge in [0.2, 0.25) is 0 Å². The normalized spacial score (nSPS) is 11.2. The fourth-order valence-corrected chi connectivity index (χ4v) is 3.03. The molecule has 4 rings (SSSR count). The number of rotatable bonds is 1. The van der Waals surface area contributed by atoms with Crippen LogP contribution in [0.25, 0.3) is 33.0 Å². The highest BCUT2D eigenvalue weighted by Gasteiger charge is 2.17. The number of hydrogen-bond donors (Lipinski definition) is 1. The van der Waals surface area contributed by atoms with Crippen molar-refractivity contribution < 1.29 is 4.42 Å². The molecule has 2 aromatic heterocycles. The number of aryl methyl sites for hydroxylation is 1. The molecule has 0 fully saturated rings. The molecule has 112 valence electrons. The van der Waals surface area contributed by atoms with Crippen LogP contribution < -0.4 is 11.4 Å². The van der Waals surface area contributed by atoms with Crippen molar-refractivity contribution in [2.75, 3.05) is 5.73 Å². The predicted molar refractivity (Wildman–Crippen MR) is 92.4 cm³/mol. The van der Waals surface area contributed by atoms with Crippen molar-refractivity contribution in [2.24, 2.45) is 0 Å². The minimum absolute atomic E-state index is 0.198. The van der Waals surface area contributed by atoms with E-state index in [4.69, 9.17) is 10.2 Å². The predicted octanol–water partition coefficient (Wildman–Crippen LogP) is 3.90. The van der Waals surface area contributed by atoms with Crippen LogP contribution in [-0.2, 0) is 0 Å². The van der Waals surface area contributed by atoms with Gasteiger partial charge in [0.25, 0.3) is 0 Å². The summed E-state index contributed by atoms with van der Waals surface area (Å²) < 4.78 is 5.38. The quantitative estimate of drug-likeness (QED) is 0.427. The molecule has 0 atom stereocenters. The molecule has 2 heterocycles. The summed E-state index contributed by atoms with van der Waals surface area (Å²) >= 11 is 0. The van der Waals surface area contributed by atoms with Crippen molar-refractivity contribution in [1.29, 1.82) is 0 Å². The highest BCUT2D eigenvalue weighted by atomic mass is 16.4. The van der Waals surface area contributed by atoms with Gasteiger partial charge in [0.05, 0.1) is 5.69 Å². The van der Waals surface area contributed by atoms with Gasteiger partial charge in [0.1, 0.15) is 16.8 Å². The Kier molecular flexibility index (Phi) is 2.91. The van der Waals surface area contributed by atoms with E-state index in [9.17, 15) is 4.79 Å². The molecule has 2 aromatic carbocycles. The molecule has 4 nitrogen and oxygen atoms in total. The van der Waals surface area contributed by atoms with Gasteiger partial charge >= 0.3 is 5.63 Å². The number of anilines is 1. The number of fused-ring (bicyclic) bond motifs is 3. The summed E-state index contributed by atoms with van der Waals surface area (Å²) in [5.74, 6) is 0.198. The molecule has 0 saturated heterocycles. The Morgan fingerprint density at radius 1 is 0.957 bits per heavy atom. The monoisotopic (exact) mass is 302 g/mol. The van der Waals surface area contributed by atoms with E-state index in [1.165, 1.54) is 0 Å². The fraction of sp³-hybridized carbons (Fsp3) is 0.0526. The number of nitrogens with two attached hydrogens (primary N) is 1. The van der Waals surface area contributed by atoms with E-state index in [-0.39, 0.29) is 5.82 Å². The van der Waals surface area contributed by atoms with Gasteiger partial charge < -0.3 is 10.2 Å². The van der Waals surface area contributed by atoms with Gasteiger partial charge in [0.15, 0.2) is 0 Å². The number of nitrogen functional groups attached to an aromatic ring is 1. The zero-order chi connectivity index (χ0) is 16.0. The van der Waals surface area contributed by atoms with E-state index in [2.05, 4.69) is 4.98 Å². The smallest absolute Gasteiger partial charge is 0.347 e. The second kappa shape index (κ2) is 4.95. The molecule has 0 aliphatic carbocycles. The van der Waals surface area contributed by atoms with Gasteiger partial charge in [-0.1, -0.05) is 48.5 Å². The van der Waals surface area contributed by atoms with Crippen LogP contribution in [0.5, 0.6) is 0 Å². The lowest BCUT2D eigenvalue weighted by Gasteiger charge is -2.12. The van der Waals surface area contributed by atoms with Crippen LogP contribution in [0.1, 0.15) is 5.56 Å². The van der Waals surface area contributed by atoms with Crippen molar-refractivity contribution >= 4 is 27.6 Å². The molecule has 23 heavy (non-hydrogen) atoms.